The van der Waals surface area contributed by atoms with Crippen LogP contribution in [0.3, 0.4) is 0 Å². The van der Waals surface area contributed by atoms with Crippen molar-refractivity contribution in [3.8, 4) is 17.0 Å². The summed E-state index contributed by atoms with van der Waals surface area (Å²) >= 11 is 0. The number of benzene rings is 2. The molecule has 22 heavy (non-hydrogen) atoms. The number of rotatable bonds is 1. The molecule has 0 saturated heterocycles. The molecule has 3 aliphatic rings. The van der Waals surface area contributed by atoms with Gasteiger partial charge in [0, 0.05) is 48.3 Å². The van der Waals surface area contributed by atoms with Crippen molar-refractivity contribution < 1.29 is 9.53 Å². The normalized spacial score (nSPS) is 12.8. The average molecular weight is 291 g/mol. The number of aromatic nitrogens is 1. The summed E-state index contributed by atoms with van der Waals surface area (Å²) in [5.74, 6) is -0.112. The maximum Gasteiger partial charge on any atom is 0.308 e. The Kier molecular flexibility index (Phi) is 2.66. The fourth-order valence-corrected chi connectivity index (χ4v) is 3.15. The predicted molar refractivity (Wildman–Crippen MR) is 85.2 cm³/mol. The van der Waals surface area contributed by atoms with Gasteiger partial charge in [0.1, 0.15) is 5.75 Å². The van der Waals surface area contributed by atoms with Crippen molar-refractivity contribution in [2.24, 2.45) is 0 Å². The van der Waals surface area contributed by atoms with Gasteiger partial charge in [-0.2, -0.15) is 0 Å². The summed E-state index contributed by atoms with van der Waals surface area (Å²) < 4.78 is 7.31. The van der Waals surface area contributed by atoms with E-state index in [4.69, 9.17) is 4.74 Å². The molecule has 1 aromatic carbocycles. The Bertz CT molecular complexity index is 982. The minimum absolute atomic E-state index is 0.172. The van der Waals surface area contributed by atoms with Gasteiger partial charge in [-0.15, -0.1) is 0 Å². The number of allylic oxidation sites excluding steroid dienone is 1. The molecule has 0 aromatic heterocycles. The molecule has 1 aliphatic carbocycles. The Balaban J connectivity index is 2.22. The summed E-state index contributed by atoms with van der Waals surface area (Å²) in [6.45, 7) is 1.34. The Morgan fingerprint density at radius 3 is 2.73 bits per heavy atom. The van der Waals surface area contributed by atoms with Gasteiger partial charge >= 0.3 is 5.97 Å². The van der Waals surface area contributed by atoms with Crippen LogP contribution < -0.4 is 10.2 Å². The molecule has 0 spiro atoms. The monoisotopic (exact) mass is 291 g/mol. The second-order valence-electron chi connectivity index (χ2n) is 5.36. The van der Waals surface area contributed by atoms with Gasteiger partial charge in [-0.25, -0.2) is 0 Å². The lowest BCUT2D eigenvalue weighted by molar-refractivity contribution is -0.131. The van der Waals surface area contributed by atoms with Crippen LogP contribution in [0.4, 0.5) is 0 Å². The van der Waals surface area contributed by atoms with Crippen LogP contribution in [0.5, 0.6) is 5.75 Å². The molecule has 0 amide bonds. The predicted octanol–water partition coefficient (Wildman–Crippen LogP) is 3.06. The number of hydrogen-bond acceptors (Lipinski definition) is 3. The van der Waals surface area contributed by atoms with Gasteiger partial charge in [-0.3, -0.25) is 9.59 Å². The molecular weight excluding hydrogens is 278 g/mol. The van der Waals surface area contributed by atoms with Crippen LogP contribution in [0.1, 0.15) is 12.6 Å². The van der Waals surface area contributed by atoms with Gasteiger partial charge < -0.3 is 9.30 Å². The molecular formula is C18H13NO3. The van der Waals surface area contributed by atoms with Gasteiger partial charge in [0.15, 0.2) is 5.43 Å². The third-order valence-electron chi connectivity index (χ3n) is 3.93. The first kappa shape index (κ1) is 12.8. The highest BCUT2D eigenvalue weighted by Crippen LogP contribution is 2.40. The molecule has 4 rings (SSSR count). The second kappa shape index (κ2) is 4.56. The van der Waals surface area contributed by atoms with E-state index < -0.39 is 5.97 Å². The SMILES string of the molecule is CC(=O)Oc1cc(=O)cc2n3c(c4ccccc4c1-2)CC=C3. The maximum atomic E-state index is 12.0. The minimum Gasteiger partial charge on any atom is -0.426 e. The van der Waals surface area contributed by atoms with E-state index in [-0.39, 0.29) is 5.43 Å². The van der Waals surface area contributed by atoms with E-state index in [0.29, 0.717) is 5.75 Å². The van der Waals surface area contributed by atoms with E-state index >= 15 is 0 Å². The molecule has 0 N–H and O–H groups in total. The van der Waals surface area contributed by atoms with Crippen molar-refractivity contribution in [1.82, 2.24) is 4.57 Å². The summed E-state index contributed by atoms with van der Waals surface area (Å²) in [5, 5.41) is 2.09. The fraction of sp³-hybridized carbons (Fsp3) is 0.111. The van der Waals surface area contributed by atoms with Crippen molar-refractivity contribution >= 4 is 22.9 Å². The van der Waals surface area contributed by atoms with Crippen LogP contribution in [0, 0.1) is 0 Å². The number of hydrogen-bond donors (Lipinski definition) is 0. The van der Waals surface area contributed by atoms with E-state index in [2.05, 4.69) is 12.1 Å². The first-order valence-corrected chi connectivity index (χ1v) is 7.10. The first-order chi connectivity index (χ1) is 10.6. The molecule has 0 unspecified atom stereocenters. The number of pyridine rings is 1. The third kappa shape index (κ3) is 1.77. The summed E-state index contributed by atoms with van der Waals surface area (Å²) in [6.07, 6.45) is 4.84. The number of carbonyl (C=O) groups is 1. The quantitative estimate of drug-likeness (QED) is 0.393. The van der Waals surface area contributed by atoms with Crippen molar-refractivity contribution in [2.45, 2.75) is 13.3 Å². The van der Waals surface area contributed by atoms with E-state index in [1.807, 2.05) is 29.0 Å². The van der Waals surface area contributed by atoms with Crippen LogP contribution in [0.2, 0.25) is 0 Å². The first-order valence-electron chi connectivity index (χ1n) is 7.10. The largest absolute Gasteiger partial charge is 0.426 e. The standard InChI is InChI=1S/C18H13NO3/c1-11(20)22-17-10-12(21)9-16-18(17)14-6-3-2-5-13(14)15-7-4-8-19(15)16/h2-6,8-10H,7H2,1H3. The van der Waals surface area contributed by atoms with Gasteiger partial charge in [-0.05, 0) is 5.39 Å². The smallest absolute Gasteiger partial charge is 0.308 e. The summed E-state index contributed by atoms with van der Waals surface area (Å²) in [7, 11) is 0. The van der Waals surface area contributed by atoms with Gasteiger partial charge in [0.2, 0.25) is 0 Å². The van der Waals surface area contributed by atoms with Crippen molar-refractivity contribution in [2.75, 3.05) is 0 Å². The Morgan fingerprint density at radius 1 is 1.18 bits per heavy atom. The van der Waals surface area contributed by atoms with Crippen molar-refractivity contribution in [3.63, 3.8) is 0 Å². The number of fused-ring (bicyclic) bond motifs is 6. The van der Waals surface area contributed by atoms with E-state index in [9.17, 15) is 9.59 Å². The third-order valence-corrected chi connectivity index (χ3v) is 3.93. The summed E-state index contributed by atoms with van der Waals surface area (Å²) in [4.78, 5) is 23.4. The van der Waals surface area contributed by atoms with Gasteiger partial charge in [-0.1, -0.05) is 30.3 Å². The maximum absolute atomic E-state index is 12.0. The van der Waals surface area contributed by atoms with Crippen molar-refractivity contribution in [1.29, 1.82) is 0 Å². The van der Waals surface area contributed by atoms with Crippen LogP contribution in [0.15, 0.2) is 47.3 Å². The summed E-state index contributed by atoms with van der Waals surface area (Å²) in [5.41, 5.74) is 2.53. The number of esters is 1. The number of carbonyl (C=O) groups excluding carboxylic acids is 1. The Morgan fingerprint density at radius 2 is 1.95 bits per heavy atom. The zero-order chi connectivity index (χ0) is 15.3. The molecule has 0 radical (unpaired) electrons. The van der Waals surface area contributed by atoms with Crippen LogP contribution in [0.25, 0.3) is 28.2 Å². The lowest BCUT2D eigenvalue weighted by Gasteiger charge is -2.20. The highest BCUT2D eigenvalue weighted by atomic mass is 16.5. The molecule has 1 aromatic rings. The highest BCUT2D eigenvalue weighted by Gasteiger charge is 2.22. The van der Waals surface area contributed by atoms with Crippen LogP contribution in [-0.2, 0) is 11.2 Å². The molecule has 4 heteroatoms. The molecule has 0 saturated carbocycles. The zero-order valence-electron chi connectivity index (χ0n) is 12.0. The molecule has 0 atom stereocenters. The van der Waals surface area contributed by atoms with E-state index in [1.165, 1.54) is 13.0 Å². The Labute approximate surface area is 126 Å². The Hall–Kier alpha value is -2.88. The van der Waals surface area contributed by atoms with E-state index in [0.717, 1.165) is 34.1 Å². The zero-order valence-corrected chi connectivity index (χ0v) is 12.0. The number of ether oxygens (including phenoxy) is 1. The molecule has 2 aliphatic heterocycles. The molecule has 4 nitrogen and oxygen atoms in total. The summed E-state index contributed by atoms with van der Waals surface area (Å²) in [6, 6.07) is 10.9. The second-order valence-corrected chi connectivity index (χ2v) is 5.36. The lowest BCUT2D eigenvalue weighted by atomic mass is 9.97. The lowest BCUT2D eigenvalue weighted by Crippen LogP contribution is -2.12. The van der Waals surface area contributed by atoms with E-state index in [1.54, 1.807) is 6.07 Å². The molecule has 0 fully saturated rings. The van der Waals surface area contributed by atoms with Gasteiger partial charge in [0.25, 0.3) is 0 Å². The van der Waals surface area contributed by atoms with Crippen LogP contribution in [-0.4, -0.2) is 10.5 Å². The molecule has 2 heterocycles. The van der Waals surface area contributed by atoms with Gasteiger partial charge in [0.05, 0.1) is 5.69 Å². The van der Waals surface area contributed by atoms with Crippen LogP contribution >= 0.6 is 0 Å². The number of nitrogens with zero attached hydrogens (tertiary/aromatic N) is 1. The molecule has 0 bridgehead atoms. The minimum atomic E-state index is -0.433. The highest BCUT2D eigenvalue weighted by molar-refractivity contribution is 6.02. The topological polar surface area (TPSA) is 48.3 Å². The molecule has 108 valence electrons. The average Bonchev–Trinajstić information content (AvgIpc) is 2.96. The van der Waals surface area contributed by atoms with Crippen molar-refractivity contribution in [3.05, 3.63) is 58.4 Å². The fourth-order valence-electron chi connectivity index (χ4n) is 3.15.